The Bertz CT molecular complexity index is 1010. The second kappa shape index (κ2) is 9.63. The van der Waals surface area contributed by atoms with Gasteiger partial charge in [-0.15, -0.1) is 0 Å². The highest BCUT2D eigenvalue weighted by molar-refractivity contribution is 9.10. The number of amides is 1. The number of hydrogen-bond acceptors (Lipinski definition) is 3. The summed E-state index contributed by atoms with van der Waals surface area (Å²) in [6.07, 6.45) is 2.63. The topological polar surface area (TPSA) is 55.6 Å². The SMILES string of the molecule is NC(=O)C1CCN(CCc2c(OCc3ccc(Br)cc3)ccc3ccccc23)CC1. The van der Waals surface area contributed by atoms with Crippen molar-refractivity contribution in [3.63, 3.8) is 0 Å². The second-order valence-corrected chi connectivity index (χ2v) is 8.86. The zero-order valence-corrected chi connectivity index (χ0v) is 18.6. The van der Waals surface area contributed by atoms with E-state index in [9.17, 15) is 4.79 Å². The van der Waals surface area contributed by atoms with Crippen LogP contribution in [0.2, 0.25) is 0 Å². The van der Waals surface area contributed by atoms with Gasteiger partial charge in [0.05, 0.1) is 0 Å². The first kappa shape index (κ1) is 20.9. The molecule has 3 aromatic carbocycles. The smallest absolute Gasteiger partial charge is 0.220 e. The summed E-state index contributed by atoms with van der Waals surface area (Å²) in [6, 6.07) is 20.9. The average molecular weight is 467 g/mol. The normalized spacial score (nSPS) is 15.4. The quantitative estimate of drug-likeness (QED) is 0.537. The lowest BCUT2D eigenvalue weighted by Gasteiger charge is -2.30. The summed E-state index contributed by atoms with van der Waals surface area (Å²) in [5.74, 6) is 0.819. The van der Waals surface area contributed by atoms with Gasteiger partial charge in [0.25, 0.3) is 0 Å². The summed E-state index contributed by atoms with van der Waals surface area (Å²) in [5, 5.41) is 2.48. The first-order chi connectivity index (χ1) is 14.6. The number of benzene rings is 3. The molecule has 4 nitrogen and oxygen atoms in total. The maximum absolute atomic E-state index is 11.4. The summed E-state index contributed by atoms with van der Waals surface area (Å²) < 4.78 is 7.33. The molecule has 156 valence electrons. The van der Waals surface area contributed by atoms with Gasteiger partial charge >= 0.3 is 0 Å². The zero-order valence-electron chi connectivity index (χ0n) is 17.0. The van der Waals surface area contributed by atoms with Crippen molar-refractivity contribution in [1.82, 2.24) is 4.90 Å². The minimum Gasteiger partial charge on any atom is -0.489 e. The van der Waals surface area contributed by atoms with Crippen molar-refractivity contribution in [1.29, 1.82) is 0 Å². The van der Waals surface area contributed by atoms with Crippen LogP contribution in [0.15, 0.2) is 65.1 Å². The highest BCUT2D eigenvalue weighted by Gasteiger charge is 2.23. The van der Waals surface area contributed by atoms with Gasteiger partial charge in [0.2, 0.25) is 5.91 Å². The summed E-state index contributed by atoms with van der Waals surface area (Å²) in [5.41, 5.74) is 7.87. The van der Waals surface area contributed by atoms with Gasteiger partial charge < -0.3 is 15.4 Å². The minimum atomic E-state index is -0.160. The molecule has 1 aliphatic heterocycles. The zero-order chi connectivity index (χ0) is 20.9. The van der Waals surface area contributed by atoms with Crippen molar-refractivity contribution in [3.05, 3.63) is 76.3 Å². The lowest BCUT2D eigenvalue weighted by atomic mass is 9.95. The van der Waals surface area contributed by atoms with E-state index < -0.39 is 0 Å². The summed E-state index contributed by atoms with van der Waals surface area (Å²) >= 11 is 3.48. The van der Waals surface area contributed by atoms with Gasteiger partial charge in [-0.2, -0.15) is 0 Å². The molecule has 5 heteroatoms. The molecule has 0 unspecified atom stereocenters. The molecule has 0 bridgehead atoms. The number of carbonyl (C=O) groups excluding carboxylic acids is 1. The molecule has 3 aromatic rings. The van der Waals surface area contributed by atoms with E-state index in [1.54, 1.807) is 0 Å². The lowest BCUT2D eigenvalue weighted by molar-refractivity contribution is -0.123. The third kappa shape index (κ3) is 5.02. The van der Waals surface area contributed by atoms with Crippen molar-refractivity contribution in [2.24, 2.45) is 11.7 Å². The monoisotopic (exact) mass is 466 g/mol. The predicted octanol–water partition coefficient (Wildman–Crippen LogP) is 4.92. The molecule has 0 saturated carbocycles. The van der Waals surface area contributed by atoms with Gasteiger partial charge in [-0.1, -0.05) is 58.4 Å². The molecule has 0 radical (unpaired) electrons. The molecule has 1 amide bonds. The average Bonchev–Trinajstić information content (AvgIpc) is 2.77. The Morgan fingerprint density at radius 1 is 1.03 bits per heavy atom. The molecule has 4 rings (SSSR count). The predicted molar refractivity (Wildman–Crippen MR) is 124 cm³/mol. The van der Waals surface area contributed by atoms with Crippen LogP contribution in [0.5, 0.6) is 5.75 Å². The number of rotatable bonds is 7. The van der Waals surface area contributed by atoms with Crippen molar-refractivity contribution >= 4 is 32.6 Å². The van der Waals surface area contributed by atoms with Gasteiger partial charge in [-0.25, -0.2) is 0 Å². The van der Waals surface area contributed by atoms with Crippen LogP contribution in [0.4, 0.5) is 0 Å². The van der Waals surface area contributed by atoms with Crippen molar-refractivity contribution in [3.8, 4) is 5.75 Å². The first-order valence-electron chi connectivity index (χ1n) is 10.5. The fourth-order valence-electron chi connectivity index (χ4n) is 4.16. The summed E-state index contributed by atoms with van der Waals surface area (Å²) in [6.45, 7) is 3.34. The molecule has 0 aliphatic carbocycles. The number of halogens is 1. The molecule has 0 spiro atoms. The molecule has 30 heavy (non-hydrogen) atoms. The summed E-state index contributed by atoms with van der Waals surface area (Å²) in [4.78, 5) is 13.9. The number of nitrogens with zero attached hydrogens (tertiary/aromatic N) is 1. The molecular weight excluding hydrogens is 440 g/mol. The van der Waals surface area contributed by atoms with Crippen LogP contribution in [0, 0.1) is 5.92 Å². The van der Waals surface area contributed by atoms with E-state index in [1.807, 2.05) is 12.1 Å². The van der Waals surface area contributed by atoms with Gasteiger partial charge in [0.15, 0.2) is 0 Å². The Labute approximate surface area is 186 Å². The molecule has 1 saturated heterocycles. The van der Waals surface area contributed by atoms with E-state index in [-0.39, 0.29) is 11.8 Å². The number of nitrogens with two attached hydrogens (primary N) is 1. The number of ether oxygens (including phenoxy) is 1. The van der Waals surface area contributed by atoms with E-state index >= 15 is 0 Å². The molecule has 1 fully saturated rings. The Morgan fingerprint density at radius 3 is 2.50 bits per heavy atom. The van der Waals surface area contributed by atoms with Gasteiger partial charge in [0, 0.05) is 22.5 Å². The van der Waals surface area contributed by atoms with Gasteiger partial charge in [0.1, 0.15) is 12.4 Å². The maximum atomic E-state index is 11.4. The largest absolute Gasteiger partial charge is 0.489 e. The van der Waals surface area contributed by atoms with Crippen LogP contribution in [-0.2, 0) is 17.8 Å². The third-order valence-electron chi connectivity index (χ3n) is 5.97. The van der Waals surface area contributed by atoms with Crippen molar-refractivity contribution in [2.75, 3.05) is 19.6 Å². The van der Waals surface area contributed by atoms with E-state index in [0.717, 1.165) is 54.7 Å². The van der Waals surface area contributed by atoms with E-state index in [2.05, 4.69) is 69.4 Å². The Hall–Kier alpha value is -2.37. The van der Waals surface area contributed by atoms with E-state index in [1.165, 1.54) is 16.3 Å². The molecule has 0 atom stereocenters. The van der Waals surface area contributed by atoms with Crippen LogP contribution in [-0.4, -0.2) is 30.4 Å². The number of hydrogen-bond donors (Lipinski definition) is 1. The Balaban J connectivity index is 1.49. The minimum absolute atomic E-state index is 0.0311. The molecule has 0 aromatic heterocycles. The van der Waals surface area contributed by atoms with Gasteiger partial charge in [-0.05, 0) is 66.9 Å². The molecule has 1 heterocycles. The van der Waals surface area contributed by atoms with E-state index in [4.69, 9.17) is 10.5 Å². The Morgan fingerprint density at radius 2 is 1.77 bits per heavy atom. The van der Waals surface area contributed by atoms with Crippen molar-refractivity contribution < 1.29 is 9.53 Å². The third-order valence-corrected chi connectivity index (χ3v) is 6.50. The molecule has 2 N–H and O–H groups in total. The van der Waals surface area contributed by atoms with Crippen molar-refractivity contribution in [2.45, 2.75) is 25.9 Å². The highest BCUT2D eigenvalue weighted by Crippen LogP contribution is 2.30. The van der Waals surface area contributed by atoms with Crippen LogP contribution in [0.3, 0.4) is 0 Å². The number of primary amides is 1. The maximum Gasteiger partial charge on any atom is 0.220 e. The van der Waals surface area contributed by atoms with Crippen LogP contribution < -0.4 is 10.5 Å². The fraction of sp³-hybridized carbons (Fsp3) is 0.320. The number of likely N-dealkylation sites (tertiary alicyclic amines) is 1. The molecule has 1 aliphatic rings. The Kier molecular flexibility index (Phi) is 6.70. The number of carbonyl (C=O) groups is 1. The second-order valence-electron chi connectivity index (χ2n) is 7.95. The van der Waals surface area contributed by atoms with Crippen LogP contribution >= 0.6 is 15.9 Å². The number of fused-ring (bicyclic) bond motifs is 1. The standard InChI is InChI=1S/C25H27BrN2O2/c26-21-8-5-18(6-9-21)17-30-24-10-7-19-3-1-2-4-22(19)23(24)13-16-28-14-11-20(12-15-28)25(27)29/h1-10,20H,11-17H2,(H2,27,29). The summed E-state index contributed by atoms with van der Waals surface area (Å²) in [7, 11) is 0. The highest BCUT2D eigenvalue weighted by atomic mass is 79.9. The van der Waals surface area contributed by atoms with E-state index in [0.29, 0.717) is 6.61 Å². The fourth-order valence-corrected chi connectivity index (χ4v) is 4.43. The first-order valence-corrected chi connectivity index (χ1v) is 11.3. The van der Waals surface area contributed by atoms with Gasteiger partial charge in [-0.3, -0.25) is 4.79 Å². The van der Waals surface area contributed by atoms with Crippen LogP contribution in [0.1, 0.15) is 24.0 Å². The lowest BCUT2D eigenvalue weighted by Crippen LogP contribution is -2.39. The number of piperidine rings is 1. The molecular formula is C25H27BrN2O2. The van der Waals surface area contributed by atoms with Crippen LogP contribution in [0.25, 0.3) is 10.8 Å².